The molecule has 1 aromatic carbocycles. The Morgan fingerprint density at radius 1 is 1.00 bits per heavy atom. The van der Waals surface area contributed by atoms with Crippen molar-refractivity contribution in [2.45, 2.75) is 6.54 Å². The van der Waals surface area contributed by atoms with Crippen LogP contribution in [-0.2, 0) is 6.54 Å². The highest BCUT2D eigenvalue weighted by Gasteiger charge is 2.02. The standard InChI is InChI=1S/C12H10Cl2N2/c13-11-7-6-9(12(14)16-11)8-15-10-4-2-1-3-5-10/h1-7,15H,8H2. The van der Waals surface area contributed by atoms with Crippen LogP contribution in [0, 0.1) is 0 Å². The molecule has 0 aliphatic rings. The average Bonchev–Trinajstić information content (AvgIpc) is 2.29. The van der Waals surface area contributed by atoms with Crippen LogP contribution in [0.15, 0.2) is 42.5 Å². The summed E-state index contributed by atoms with van der Waals surface area (Å²) in [5.41, 5.74) is 1.98. The van der Waals surface area contributed by atoms with E-state index < -0.39 is 0 Å². The molecule has 2 rings (SSSR count). The van der Waals surface area contributed by atoms with E-state index in [1.807, 2.05) is 36.4 Å². The second kappa shape index (κ2) is 5.19. The number of pyridine rings is 1. The number of benzene rings is 1. The maximum atomic E-state index is 5.96. The van der Waals surface area contributed by atoms with Crippen LogP contribution in [0.1, 0.15) is 5.56 Å². The topological polar surface area (TPSA) is 24.9 Å². The summed E-state index contributed by atoms with van der Waals surface area (Å²) in [4.78, 5) is 3.98. The van der Waals surface area contributed by atoms with Crippen LogP contribution in [0.5, 0.6) is 0 Å². The maximum Gasteiger partial charge on any atom is 0.135 e. The summed E-state index contributed by atoms with van der Waals surface area (Å²) < 4.78 is 0. The van der Waals surface area contributed by atoms with Gasteiger partial charge in [-0.05, 0) is 18.2 Å². The molecule has 2 nitrogen and oxygen atoms in total. The molecule has 0 bridgehead atoms. The second-order valence-corrected chi connectivity index (χ2v) is 4.05. The van der Waals surface area contributed by atoms with E-state index >= 15 is 0 Å². The van der Waals surface area contributed by atoms with E-state index in [2.05, 4.69) is 10.3 Å². The van der Waals surface area contributed by atoms with Crippen molar-refractivity contribution in [3.05, 3.63) is 58.3 Å². The minimum atomic E-state index is 0.411. The van der Waals surface area contributed by atoms with Gasteiger partial charge in [-0.1, -0.05) is 47.5 Å². The molecule has 1 aromatic heterocycles. The lowest BCUT2D eigenvalue weighted by molar-refractivity contribution is 1.11. The molecule has 0 radical (unpaired) electrons. The van der Waals surface area contributed by atoms with E-state index in [0.29, 0.717) is 16.9 Å². The number of nitrogens with one attached hydrogen (secondary N) is 1. The van der Waals surface area contributed by atoms with Crippen LogP contribution in [-0.4, -0.2) is 4.98 Å². The van der Waals surface area contributed by atoms with Crippen molar-refractivity contribution < 1.29 is 0 Å². The highest BCUT2D eigenvalue weighted by molar-refractivity contribution is 6.32. The number of halogens is 2. The summed E-state index contributed by atoms with van der Waals surface area (Å²) in [6.07, 6.45) is 0. The number of hydrogen-bond donors (Lipinski definition) is 1. The van der Waals surface area contributed by atoms with Gasteiger partial charge < -0.3 is 5.32 Å². The lowest BCUT2D eigenvalue weighted by atomic mass is 10.2. The molecular weight excluding hydrogens is 243 g/mol. The Bertz CT molecular complexity index is 472. The quantitative estimate of drug-likeness (QED) is 0.836. The fraction of sp³-hybridized carbons (Fsp3) is 0.0833. The Labute approximate surface area is 104 Å². The molecule has 16 heavy (non-hydrogen) atoms. The first-order valence-corrected chi connectivity index (χ1v) is 5.61. The summed E-state index contributed by atoms with van der Waals surface area (Å²) in [7, 11) is 0. The first kappa shape index (κ1) is 11.2. The molecule has 0 fully saturated rings. The van der Waals surface area contributed by atoms with E-state index in [1.54, 1.807) is 6.07 Å². The zero-order valence-electron chi connectivity index (χ0n) is 8.45. The third-order valence-electron chi connectivity index (χ3n) is 2.15. The Morgan fingerprint density at radius 2 is 1.75 bits per heavy atom. The molecule has 0 saturated heterocycles. The monoisotopic (exact) mass is 252 g/mol. The molecule has 0 atom stereocenters. The number of rotatable bonds is 3. The van der Waals surface area contributed by atoms with Gasteiger partial charge in [0.25, 0.3) is 0 Å². The van der Waals surface area contributed by atoms with E-state index in [0.717, 1.165) is 11.3 Å². The lowest BCUT2D eigenvalue weighted by Crippen LogP contribution is -2.00. The molecule has 4 heteroatoms. The average molecular weight is 253 g/mol. The number of para-hydroxylation sites is 1. The first-order chi connectivity index (χ1) is 7.75. The Kier molecular flexibility index (Phi) is 3.65. The molecule has 0 aliphatic heterocycles. The fourth-order valence-electron chi connectivity index (χ4n) is 1.33. The number of hydrogen-bond acceptors (Lipinski definition) is 2. The van der Waals surface area contributed by atoms with Gasteiger partial charge in [0.05, 0.1) is 0 Å². The highest BCUT2D eigenvalue weighted by atomic mass is 35.5. The Balaban J connectivity index is 2.05. The van der Waals surface area contributed by atoms with Gasteiger partial charge in [-0.25, -0.2) is 4.98 Å². The molecular formula is C12H10Cl2N2. The van der Waals surface area contributed by atoms with Crippen molar-refractivity contribution in [2.75, 3.05) is 5.32 Å². The van der Waals surface area contributed by atoms with Crippen molar-refractivity contribution in [2.24, 2.45) is 0 Å². The van der Waals surface area contributed by atoms with Crippen molar-refractivity contribution in [1.29, 1.82) is 0 Å². The van der Waals surface area contributed by atoms with Gasteiger partial charge in [0.2, 0.25) is 0 Å². The van der Waals surface area contributed by atoms with Crippen molar-refractivity contribution >= 4 is 28.9 Å². The van der Waals surface area contributed by atoms with Gasteiger partial charge in [0.15, 0.2) is 0 Å². The first-order valence-electron chi connectivity index (χ1n) is 4.85. The second-order valence-electron chi connectivity index (χ2n) is 3.30. The van der Waals surface area contributed by atoms with E-state index in [1.165, 1.54) is 0 Å². The van der Waals surface area contributed by atoms with Gasteiger partial charge in [-0.15, -0.1) is 0 Å². The predicted octanol–water partition coefficient (Wildman–Crippen LogP) is 4.00. The molecule has 0 spiro atoms. The molecule has 82 valence electrons. The highest BCUT2D eigenvalue weighted by Crippen LogP contribution is 2.18. The smallest absolute Gasteiger partial charge is 0.135 e. The number of anilines is 1. The summed E-state index contributed by atoms with van der Waals surface area (Å²) in [6, 6.07) is 13.5. The molecule has 0 saturated carbocycles. The lowest BCUT2D eigenvalue weighted by Gasteiger charge is -2.07. The summed E-state index contributed by atoms with van der Waals surface area (Å²) >= 11 is 11.7. The summed E-state index contributed by atoms with van der Waals surface area (Å²) in [5.74, 6) is 0. The molecule has 2 aromatic rings. The van der Waals surface area contributed by atoms with Gasteiger partial charge in [0.1, 0.15) is 10.3 Å². The van der Waals surface area contributed by atoms with Crippen LogP contribution in [0.2, 0.25) is 10.3 Å². The number of aromatic nitrogens is 1. The molecule has 0 amide bonds. The van der Waals surface area contributed by atoms with E-state index in [-0.39, 0.29) is 0 Å². The SMILES string of the molecule is Clc1ccc(CNc2ccccc2)c(Cl)n1. The van der Waals surface area contributed by atoms with Gasteiger partial charge in [0, 0.05) is 17.8 Å². The fourth-order valence-corrected chi connectivity index (χ4v) is 1.74. The van der Waals surface area contributed by atoms with E-state index in [9.17, 15) is 0 Å². The third kappa shape index (κ3) is 2.87. The summed E-state index contributed by atoms with van der Waals surface area (Å²) in [5, 5.41) is 4.10. The molecule has 0 unspecified atom stereocenters. The maximum absolute atomic E-state index is 5.96. The largest absolute Gasteiger partial charge is 0.381 e. The zero-order chi connectivity index (χ0) is 11.4. The molecule has 1 heterocycles. The van der Waals surface area contributed by atoms with Crippen molar-refractivity contribution in [3.63, 3.8) is 0 Å². The minimum Gasteiger partial charge on any atom is -0.381 e. The van der Waals surface area contributed by atoms with Gasteiger partial charge in [-0.3, -0.25) is 0 Å². The normalized spacial score (nSPS) is 10.1. The zero-order valence-corrected chi connectivity index (χ0v) is 9.96. The minimum absolute atomic E-state index is 0.411. The van der Waals surface area contributed by atoms with Crippen LogP contribution in [0.4, 0.5) is 5.69 Å². The van der Waals surface area contributed by atoms with Gasteiger partial charge in [-0.2, -0.15) is 0 Å². The van der Waals surface area contributed by atoms with Crippen molar-refractivity contribution in [3.8, 4) is 0 Å². The molecule has 1 N–H and O–H groups in total. The van der Waals surface area contributed by atoms with Crippen LogP contribution < -0.4 is 5.32 Å². The Morgan fingerprint density at radius 3 is 2.44 bits per heavy atom. The van der Waals surface area contributed by atoms with Crippen LogP contribution in [0.3, 0.4) is 0 Å². The van der Waals surface area contributed by atoms with Crippen LogP contribution in [0.25, 0.3) is 0 Å². The third-order valence-corrected chi connectivity index (χ3v) is 2.69. The molecule has 0 aliphatic carbocycles. The van der Waals surface area contributed by atoms with Gasteiger partial charge >= 0.3 is 0 Å². The van der Waals surface area contributed by atoms with E-state index in [4.69, 9.17) is 23.2 Å². The summed E-state index contributed by atoms with van der Waals surface area (Å²) in [6.45, 7) is 0.632. The number of nitrogens with zero attached hydrogens (tertiary/aromatic N) is 1. The van der Waals surface area contributed by atoms with Crippen molar-refractivity contribution in [1.82, 2.24) is 4.98 Å². The Hall–Kier alpha value is -1.25. The van der Waals surface area contributed by atoms with Crippen LogP contribution >= 0.6 is 23.2 Å². The predicted molar refractivity (Wildman–Crippen MR) is 68.0 cm³/mol.